The van der Waals surface area contributed by atoms with Gasteiger partial charge in [-0.25, -0.2) is 0 Å². The van der Waals surface area contributed by atoms with Crippen molar-refractivity contribution in [2.45, 2.75) is 54.1 Å². The molecule has 0 aromatic carbocycles. The van der Waals surface area contributed by atoms with Crippen LogP contribution >= 0.6 is 0 Å². The number of hydrogen-bond acceptors (Lipinski definition) is 2. The Hall–Kier alpha value is -0.630. The van der Waals surface area contributed by atoms with Crippen molar-refractivity contribution in [2.75, 3.05) is 0 Å². The summed E-state index contributed by atoms with van der Waals surface area (Å²) in [6.07, 6.45) is -0.276. The van der Waals surface area contributed by atoms with Crippen LogP contribution < -0.4 is 0 Å². The molecular formula is C13H22O2. The van der Waals surface area contributed by atoms with Gasteiger partial charge >= 0.3 is 0 Å². The average molecular weight is 210 g/mol. The van der Waals surface area contributed by atoms with E-state index in [4.69, 9.17) is 0 Å². The van der Waals surface area contributed by atoms with Gasteiger partial charge in [0.15, 0.2) is 5.78 Å². The molecule has 1 atom stereocenters. The van der Waals surface area contributed by atoms with E-state index >= 15 is 0 Å². The number of aliphatic hydroxyl groups is 1. The molecule has 0 heterocycles. The summed E-state index contributed by atoms with van der Waals surface area (Å²) in [5, 5.41) is 9.68. The highest BCUT2D eigenvalue weighted by Gasteiger charge is 2.42. The Morgan fingerprint density at radius 3 is 2.20 bits per heavy atom. The van der Waals surface area contributed by atoms with E-state index in [1.807, 2.05) is 6.92 Å². The van der Waals surface area contributed by atoms with Gasteiger partial charge in [-0.3, -0.25) is 4.79 Å². The first-order chi connectivity index (χ1) is 6.57. The van der Waals surface area contributed by atoms with Crippen molar-refractivity contribution in [1.82, 2.24) is 0 Å². The van der Waals surface area contributed by atoms with E-state index in [2.05, 4.69) is 34.6 Å². The standard InChI is InChI=1S/C13H22O2/c1-8-10(15)9(14)7-13(5,6)11(8)12(2,3)4/h9,14H,7H2,1-6H3. The fourth-order valence-electron chi connectivity index (χ4n) is 3.14. The Bertz CT molecular complexity index is 316. The summed E-state index contributed by atoms with van der Waals surface area (Å²) >= 11 is 0. The number of carbonyl (C=O) groups is 1. The highest BCUT2D eigenvalue weighted by Crippen LogP contribution is 2.47. The van der Waals surface area contributed by atoms with Crippen LogP contribution in [-0.4, -0.2) is 17.0 Å². The predicted octanol–water partition coefficient (Wildman–Crippen LogP) is 2.71. The fraction of sp³-hybridized carbons (Fsp3) is 0.769. The first-order valence-electron chi connectivity index (χ1n) is 5.51. The molecule has 0 saturated heterocycles. The largest absolute Gasteiger partial charge is 0.385 e. The van der Waals surface area contributed by atoms with Crippen molar-refractivity contribution in [2.24, 2.45) is 10.8 Å². The lowest BCUT2D eigenvalue weighted by Gasteiger charge is -2.42. The normalized spacial score (nSPS) is 27.1. The number of carbonyl (C=O) groups excluding carboxylic acids is 1. The monoisotopic (exact) mass is 210 g/mol. The Kier molecular flexibility index (Phi) is 2.86. The van der Waals surface area contributed by atoms with E-state index in [-0.39, 0.29) is 16.6 Å². The molecule has 0 aliphatic heterocycles. The predicted molar refractivity (Wildman–Crippen MR) is 61.6 cm³/mol. The first kappa shape index (κ1) is 12.4. The molecule has 1 rings (SSSR count). The Labute approximate surface area is 92.4 Å². The lowest BCUT2D eigenvalue weighted by Crippen LogP contribution is -2.40. The molecule has 0 bridgehead atoms. The van der Waals surface area contributed by atoms with Gasteiger partial charge in [0.05, 0.1) is 0 Å². The SMILES string of the molecule is CC1=C(C(C)(C)C)C(C)(C)CC(O)C1=O. The van der Waals surface area contributed by atoms with Crippen molar-refractivity contribution in [1.29, 1.82) is 0 Å². The second kappa shape index (κ2) is 3.44. The summed E-state index contributed by atoms with van der Waals surface area (Å²) < 4.78 is 0. The second-order valence-corrected chi connectivity index (χ2v) is 6.22. The molecular weight excluding hydrogens is 188 g/mol. The van der Waals surface area contributed by atoms with Crippen molar-refractivity contribution < 1.29 is 9.90 Å². The fourth-order valence-corrected chi connectivity index (χ4v) is 3.14. The summed E-state index contributed by atoms with van der Waals surface area (Å²) in [4.78, 5) is 11.8. The molecule has 1 aliphatic rings. The van der Waals surface area contributed by atoms with Crippen LogP contribution in [0.4, 0.5) is 0 Å². The van der Waals surface area contributed by atoms with Crippen LogP contribution in [0, 0.1) is 10.8 Å². The zero-order valence-corrected chi connectivity index (χ0v) is 10.6. The number of aliphatic hydroxyl groups excluding tert-OH is 1. The van der Waals surface area contributed by atoms with Crippen LogP contribution in [0.15, 0.2) is 11.1 Å². The summed E-state index contributed by atoms with van der Waals surface area (Å²) in [6, 6.07) is 0. The third-order valence-electron chi connectivity index (χ3n) is 3.18. The van der Waals surface area contributed by atoms with E-state index in [0.717, 1.165) is 5.57 Å². The highest BCUT2D eigenvalue weighted by molar-refractivity contribution is 6.00. The number of allylic oxidation sites excluding steroid dienone is 1. The van der Waals surface area contributed by atoms with Gasteiger partial charge in [0.1, 0.15) is 6.10 Å². The van der Waals surface area contributed by atoms with Gasteiger partial charge in [0.25, 0.3) is 0 Å². The van der Waals surface area contributed by atoms with Crippen LogP contribution in [0.3, 0.4) is 0 Å². The average Bonchev–Trinajstić information content (AvgIpc) is 1.95. The molecule has 0 aromatic rings. The van der Waals surface area contributed by atoms with E-state index in [0.29, 0.717) is 6.42 Å². The molecule has 0 radical (unpaired) electrons. The molecule has 1 aliphatic carbocycles. The quantitative estimate of drug-likeness (QED) is 0.667. The minimum absolute atomic E-state index is 0.0105. The van der Waals surface area contributed by atoms with Crippen molar-refractivity contribution in [3.8, 4) is 0 Å². The van der Waals surface area contributed by atoms with E-state index in [9.17, 15) is 9.90 Å². The maximum absolute atomic E-state index is 11.8. The molecule has 0 saturated carbocycles. The van der Waals surface area contributed by atoms with Gasteiger partial charge in [-0.15, -0.1) is 0 Å². The van der Waals surface area contributed by atoms with Gasteiger partial charge in [-0.2, -0.15) is 0 Å². The van der Waals surface area contributed by atoms with Crippen LogP contribution in [0.25, 0.3) is 0 Å². The first-order valence-corrected chi connectivity index (χ1v) is 5.51. The van der Waals surface area contributed by atoms with Gasteiger partial charge in [0.2, 0.25) is 0 Å². The highest BCUT2D eigenvalue weighted by atomic mass is 16.3. The van der Waals surface area contributed by atoms with Crippen LogP contribution in [0.1, 0.15) is 48.0 Å². The summed E-state index contributed by atoms with van der Waals surface area (Å²) in [6.45, 7) is 12.4. The Morgan fingerprint density at radius 1 is 1.33 bits per heavy atom. The van der Waals surface area contributed by atoms with Gasteiger partial charge < -0.3 is 5.11 Å². The minimum atomic E-state index is -0.814. The number of ketones is 1. The minimum Gasteiger partial charge on any atom is -0.385 e. The van der Waals surface area contributed by atoms with Crippen molar-refractivity contribution >= 4 is 5.78 Å². The maximum Gasteiger partial charge on any atom is 0.186 e. The topological polar surface area (TPSA) is 37.3 Å². The number of hydrogen-bond donors (Lipinski definition) is 1. The summed E-state index contributed by atoms with van der Waals surface area (Å²) in [5.41, 5.74) is 1.84. The van der Waals surface area contributed by atoms with E-state index < -0.39 is 6.10 Å². The van der Waals surface area contributed by atoms with Gasteiger partial charge in [-0.1, -0.05) is 40.2 Å². The Balaban J connectivity index is 3.35. The number of rotatable bonds is 0. The molecule has 1 N–H and O–H groups in total. The molecule has 0 fully saturated rings. The zero-order valence-electron chi connectivity index (χ0n) is 10.6. The van der Waals surface area contributed by atoms with Crippen LogP contribution in [-0.2, 0) is 4.79 Å². The third kappa shape index (κ3) is 2.15. The van der Waals surface area contributed by atoms with Gasteiger partial charge in [-0.05, 0) is 29.7 Å². The Morgan fingerprint density at radius 2 is 1.80 bits per heavy atom. The lowest BCUT2D eigenvalue weighted by atomic mass is 9.63. The zero-order chi connectivity index (χ0) is 12.0. The van der Waals surface area contributed by atoms with Crippen LogP contribution in [0.5, 0.6) is 0 Å². The summed E-state index contributed by atoms with van der Waals surface area (Å²) in [5.74, 6) is -0.0979. The molecule has 15 heavy (non-hydrogen) atoms. The molecule has 2 nitrogen and oxygen atoms in total. The summed E-state index contributed by atoms with van der Waals surface area (Å²) in [7, 11) is 0. The molecule has 0 aromatic heterocycles. The molecule has 0 spiro atoms. The van der Waals surface area contributed by atoms with E-state index in [1.54, 1.807) is 0 Å². The maximum atomic E-state index is 11.8. The van der Waals surface area contributed by atoms with Crippen LogP contribution in [0.2, 0.25) is 0 Å². The smallest absolute Gasteiger partial charge is 0.186 e. The third-order valence-corrected chi connectivity index (χ3v) is 3.18. The van der Waals surface area contributed by atoms with E-state index in [1.165, 1.54) is 5.57 Å². The second-order valence-electron chi connectivity index (χ2n) is 6.22. The lowest BCUT2D eigenvalue weighted by molar-refractivity contribution is -0.126. The van der Waals surface area contributed by atoms with Crippen molar-refractivity contribution in [3.63, 3.8) is 0 Å². The molecule has 0 amide bonds. The molecule has 1 unspecified atom stereocenters. The molecule has 2 heteroatoms. The number of Topliss-reactive ketones (excluding diaryl/α,β-unsaturated/α-hetero) is 1. The van der Waals surface area contributed by atoms with Crippen molar-refractivity contribution in [3.05, 3.63) is 11.1 Å². The molecule has 86 valence electrons. The van der Waals surface area contributed by atoms with Gasteiger partial charge in [0, 0.05) is 0 Å².